The van der Waals surface area contributed by atoms with Crippen molar-refractivity contribution in [2.45, 2.75) is 45.3 Å². The molecule has 2 heterocycles. The number of nitrogens with zero attached hydrogens (tertiary/aromatic N) is 1. The zero-order chi connectivity index (χ0) is 17.1. The van der Waals surface area contributed by atoms with Gasteiger partial charge in [0.2, 0.25) is 5.91 Å². The number of amides is 2. The molecule has 1 saturated heterocycles. The Morgan fingerprint density at radius 3 is 2.96 bits per heavy atom. The van der Waals surface area contributed by atoms with E-state index in [0.29, 0.717) is 24.4 Å². The van der Waals surface area contributed by atoms with Crippen molar-refractivity contribution in [1.29, 1.82) is 0 Å². The Morgan fingerprint density at radius 2 is 2.25 bits per heavy atom. The Balaban J connectivity index is 1.71. The quantitative estimate of drug-likeness (QED) is 0.893. The van der Waals surface area contributed by atoms with Crippen LogP contribution in [0.25, 0.3) is 0 Å². The van der Waals surface area contributed by atoms with Gasteiger partial charge in [0, 0.05) is 13.2 Å². The summed E-state index contributed by atoms with van der Waals surface area (Å²) in [6.45, 7) is 5.11. The van der Waals surface area contributed by atoms with Crippen LogP contribution in [0.1, 0.15) is 31.7 Å². The highest BCUT2D eigenvalue weighted by atomic mass is 16.5. The van der Waals surface area contributed by atoms with E-state index in [2.05, 4.69) is 5.32 Å². The molecule has 24 heavy (non-hydrogen) atoms. The van der Waals surface area contributed by atoms with E-state index < -0.39 is 6.10 Å². The van der Waals surface area contributed by atoms with Crippen molar-refractivity contribution in [3.8, 4) is 5.75 Å². The maximum atomic E-state index is 12.6. The molecular formula is C18H24N2O4. The molecule has 2 atom stereocenters. The van der Waals surface area contributed by atoms with E-state index in [1.54, 1.807) is 0 Å². The van der Waals surface area contributed by atoms with Gasteiger partial charge in [-0.25, -0.2) is 0 Å². The van der Waals surface area contributed by atoms with Crippen molar-refractivity contribution in [3.63, 3.8) is 0 Å². The first-order chi connectivity index (χ1) is 11.6. The number of fused-ring (bicyclic) bond motifs is 1. The average Bonchev–Trinajstić information content (AvgIpc) is 3.09. The lowest BCUT2D eigenvalue weighted by atomic mass is 10.1. The number of carbonyl (C=O) groups excluding carboxylic acids is 2. The smallest absolute Gasteiger partial charge is 0.268 e. The van der Waals surface area contributed by atoms with Crippen molar-refractivity contribution in [2.75, 3.05) is 24.6 Å². The minimum absolute atomic E-state index is 0.00185. The number of rotatable bonds is 5. The third-order valence-electron chi connectivity index (χ3n) is 4.44. The van der Waals surface area contributed by atoms with Crippen LogP contribution in [0.5, 0.6) is 5.75 Å². The van der Waals surface area contributed by atoms with Crippen LogP contribution in [0.15, 0.2) is 18.2 Å². The first-order valence-electron chi connectivity index (χ1n) is 8.55. The van der Waals surface area contributed by atoms with Crippen LogP contribution in [-0.4, -0.2) is 43.7 Å². The predicted octanol–water partition coefficient (Wildman–Crippen LogP) is 1.79. The molecular weight excluding hydrogens is 308 g/mol. The van der Waals surface area contributed by atoms with Crippen LogP contribution < -0.4 is 15.0 Å². The van der Waals surface area contributed by atoms with Gasteiger partial charge in [0.05, 0.1) is 11.8 Å². The van der Waals surface area contributed by atoms with Crippen LogP contribution >= 0.6 is 0 Å². The number of benzene rings is 1. The summed E-state index contributed by atoms with van der Waals surface area (Å²) in [7, 11) is 0. The number of carbonyl (C=O) groups is 2. The largest absolute Gasteiger partial charge is 0.478 e. The SMILES string of the molecule is CC[C@H]1Oc2ccc(C)cc2N(CC(=O)NC[C@H]2CCCO2)C1=O. The molecule has 130 valence electrons. The molecule has 0 bridgehead atoms. The minimum atomic E-state index is -0.536. The van der Waals surface area contributed by atoms with Crippen molar-refractivity contribution in [2.24, 2.45) is 0 Å². The zero-order valence-electron chi connectivity index (χ0n) is 14.2. The van der Waals surface area contributed by atoms with Gasteiger partial charge in [-0.2, -0.15) is 0 Å². The molecule has 0 aromatic heterocycles. The predicted molar refractivity (Wildman–Crippen MR) is 90.2 cm³/mol. The third-order valence-corrected chi connectivity index (χ3v) is 4.44. The summed E-state index contributed by atoms with van der Waals surface area (Å²) in [6.07, 6.45) is 2.13. The molecule has 3 rings (SSSR count). The van der Waals surface area contributed by atoms with Crippen LogP contribution in [0.2, 0.25) is 0 Å². The lowest BCUT2D eigenvalue weighted by Crippen LogP contribution is -2.50. The van der Waals surface area contributed by atoms with E-state index in [0.717, 1.165) is 25.0 Å². The van der Waals surface area contributed by atoms with E-state index in [9.17, 15) is 9.59 Å². The van der Waals surface area contributed by atoms with Gasteiger partial charge in [-0.1, -0.05) is 13.0 Å². The molecule has 0 aliphatic carbocycles. The highest BCUT2D eigenvalue weighted by molar-refractivity contribution is 6.03. The molecule has 1 aromatic carbocycles. The maximum Gasteiger partial charge on any atom is 0.268 e. The lowest BCUT2D eigenvalue weighted by Gasteiger charge is -2.34. The molecule has 6 heteroatoms. The van der Waals surface area contributed by atoms with E-state index >= 15 is 0 Å². The average molecular weight is 332 g/mol. The molecule has 0 unspecified atom stereocenters. The second kappa shape index (κ2) is 7.21. The molecule has 1 aromatic rings. The Labute approximate surface area is 142 Å². The first kappa shape index (κ1) is 16.8. The Kier molecular flexibility index (Phi) is 5.04. The summed E-state index contributed by atoms with van der Waals surface area (Å²) >= 11 is 0. The fraction of sp³-hybridized carbons (Fsp3) is 0.556. The van der Waals surface area contributed by atoms with Crippen molar-refractivity contribution >= 4 is 17.5 Å². The second-order valence-electron chi connectivity index (χ2n) is 6.35. The number of anilines is 1. The van der Waals surface area contributed by atoms with Gasteiger partial charge in [-0.05, 0) is 43.9 Å². The van der Waals surface area contributed by atoms with Gasteiger partial charge in [-0.15, -0.1) is 0 Å². The van der Waals surface area contributed by atoms with E-state index in [-0.39, 0.29) is 24.5 Å². The monoisotopic (exact) mass is 332 g/mol. The highest BCUT2D eigenvalue weighted by Gasteiger charge is 2.34. The number of hydrogen-bond acceptors (Lipinski definition) is 4. The number of nitrogens with one attached hydrogen (secondary N) is 1. The highest BCUT2D eigenvalue weighted by Crippen LogP contribution is 2.35. The molecule has 0 radical (unpaired) electrons. The van der Waals surface area contributed by atoms with Crippen LogP contribution in [0, 0.1) is 6.92 Å². The fourth-order valence-electron chi connectivity index (χ4n) is 3.09. The summed E-state index contributed by atoms with van der Waals surface area (Å²) in [4.78, 5) is 26.5. The van der Waals surface area contributed by atoms with Crippen molar-refractivity contribution in [1.82, 2.24) is 5.32 Å². The first-order valence-corrected chi connectivity index (χ1v) is 8.55. The summed E-state index contributed by atoms with van der Waals surface area (Å²) in [5.41, 5.74) is 1.68. The molecule has 6 nitrogen and oxygen atoms in total. The van der Waals surface area contributed by atoms with Crippen molar-refractivity contribution in [3.05, 3.63) is 23.8 Å². The summed E-state index contributed by atoms with van der Waals surface area (Å²) < 4.78 is 11.3. The fourth-order valence-corrected chi connectivity index (χ4v) is 3.09. The van der Waals surface area contributed by atoms with Gasteiger partial charge in [-0.3, -0.25) is 14.5 Å². The molecule has 2 aliphatic rings. The maximum absolute atomic E-state index is 12.6. The van der Waals surface area contributed by atoms with E-state index in [1.165, 1.54) is 4.90 Å². The van der Waals surface area contributed by atoms with Gasteiger partial charge >= 0.3 is 0 Å². The Morgan fingerprint density at radius 1 is 1.42 bits per heavy atom. The normalized spacial score (nSPS) is 22.9. The molecule has 1 N–H and O–H groups in total. The lowest BCUT2D eigenvalue weighted by molar-refractivity contribution is -0.129. The van der Waals surface area contributed by atoms with Crippen LogP contribution in [0.4, 0.5) is 5.69 Å². The van der Waals surface area contributed by atoms with Crippen LogP contribution in [-0.2, 0) is 14.3 Å². The third kappa shape index (κ3) is 3.53. The summed E-state index contributed by atoms with van der Waals surface area (Å²) in [5.74, 6) is 0.310. The Bertz CT molecular complexity index is 625. The molecule has 0 spiro atoms. The molecule has 2 amide bonds. The van der Waals surface area contributed by atoms with Gasteiger partial charge in [0.15, 0.2) is 6.10 Å². The van der Waals surface area contributed by atoms with Gasteiger partial charge in [0.25, 0.3) is 5.91 Å². The molecule has 0 saturated carbocycles. The minimum Gasteiger partial charge on any atom is -0.478 e. The zero-order valence-corrected chi connectivity index (χ0v) is 14.2. The summed E-state index contributed by atoms with van der Waals surface area (Å²) in [6, 6.07) is 5.68. The topological polar surface area (TPSA) is 67.9 Å². The van der Waals surface area contributed by atoms with Crippen molar-refractivity contribution < 1.29 is 19.1 Å². The molecule has 1 fully saturated rings. The van der Waals surface area contributed by atoms with Gasteiger partial charge < -0.3 is 14.8 Å². The summed E-state index contributed by atoms with van der Waals surface area (Å²) in [5, 5.41) is 2.87. The number of ether oxygens (including phenoxy) is 2. The number of hydrogen-bond donors (Lipinski definition) is 1. The Hall–Kier alpha value is -2.08. The number of aryl methyl sites for hydroxylation is 1. The second-order valence-corrected chi connectivity index (χ2v) is 6.35. The standard InChI is InChI=1S/C18H24N2O4/c1-3-15-18(22)20(14-9-12(2)6-7-16(14)24-15)11-17(21)19-10-13-5-4-8-23-13/h6-7,9,13,15H,3-5,8,10-11H2,1-2H3,(H,19,21)/t13-,15-/m1/s1. The van der Waals surface area contributed by atoms with E-state index in [4.69, 9.17) is 9.47 Å². The van der Waals surface area contributed by atoms with Gasteiger partial charge in [0.1, 0.15) is 12.3 Å². The van der Waals surface area contributed by atoms with E-state index in [1.807, 2.05) is 32.0 Å². The molecule has 2 aliphatic heterocycles. The van der Waals surface area contributed by atoms with Crippen LogP contribution in [0.3, 0.4) is 0 Å².